The van der Waals surface area contributed by atoms with Crippen LogP contribution in [-0.4, -0.2) is 24.7 Å². The molecule has 0 aromatic rings. The van der Waals surface area contributed by atoms with Gasteiger partial charge >= 0.3 is 6.18 Å². The zero-order chi connectivity index (χ0) is 11.4. The second kappa shape index (κ2) is 5.19. The molecule has 14 heavy (non-hydrogen) atoms. The monoisotopic (exact) mass is 212 g/mol. The average molecular weight is 212 g/mol. The van der Waals surface area contributed by atoms with E-state index < -0.39 is 24.7 Å². The van der Waals surface area contributed by atoms with Gasteiger partial charge in [0.15, 0.2) is 0 Å². The van der Waals surface area contributed by atoms with Crippen LogP contribution in [0.5, 0.6) is 0 Å². The van der Waals surface area contributed by atoms with Crippen molar-refractivity contribution >= 4 is 5.91 Å². The van der Waals surface area contributed by atoms with E-state index in [4.69, 9.17) is 5.73 Å². The third kappa shape index (κ3) is 5.06. The largest absolute Gasteiger partial charge is 0.405 e. The highest BCUT2D eigenvalue weighted by Gasteiger charge is 2.29. The van der Waals surface area contributed by atoms with Crippen LogP contribution in [0.1, 0.15) is 20.3 Å². The summed E-state index contributed by atoms with van der Waals surface area (Å²) in [4.78, 5) is 11.1. The van der Waals surface area contributed by atoms with Gasteiger partial charge in [-0.25, -0.2) is 0 Å². The minimum atomic E-state index is -4.38. The van der Waals surface area contributed by atoms with Crippen LogP contribution in [0.15, 0.2) is 0 Å². The first-order chi connectivity index (χ1) is 6.28. The number of halogens is 3. The van der Waals surface area contributed by atoms with Gasteiger partial charge in [-0.2, -0.15) is 13.2 Å². The van der Waals surface area contributed by atoms with E-state index in [0.29, 0.717) is 6.42 Å². The summed E-state index contributed by atoms with van der Waals surface area (Å²) in [7, 11) is 0. The quantitative estimate of drug-likeness (QED) is 0.731. The van der Waals surface area contributed by atoms with Crippen LogP contribution in [-0.2, 0) is 4.79 Å². The topological polar surface area (TPSA) is 55.1 Å². The first-order valence-electron chi connectivity index (χ1n) is 4.38. The second-order valence-electron chi connectivity index (χ2n) is 3.24. The van der Waals surface area contributed by atoms with Crippen LogP contribution in [0.25, 0.3) is 0 Å². The lowest BCUT2D eigenvalue weighted by Crippen LogP contribution is -2.47. The third-order valence-corrected chi connectivity index (χ3v) is 2.02. The number of hydrogen-bond donors (Lipinski definition) is 2. The smallest absolute Gasteiger partial charge is 0.346 e. The highest BCUT2D eigenvalue weighted by atomic mass is 19.4. The van der Waals surface area contributed by atoms with Crippen LogP contribution >= 0.6 is 0 Å². The number of carbonyl (C=O) groups is 1. The summed E-state index contributed by atoms with van der Waals surface area (Å²) in [6, 6.07) is -0.873. The lowest BCUT2D eigenvalue weighted by Gasteiger charge is -2.18. The number of nitrogens with two attached hydrogens (primary N) is 1. The van der Waals surface area contributed by atoms with Crippen molar-refractivity contribution in [3.05, 3.63) is 0 Å². The summed E-state index contributed by atoms with van der Waals surface area (Å²) in [5.41, 5.74) is 5.42. The van der Waals surface area contributed by atoms with Crippen molar-refractivity contribution in [2.45, 2.75) is 32.5 Å². The maximum atomic E-state index is 11.7. The van der Waals surface area contributed by atoms with E-state index in [9.17, 15) is 18.0 Å². The van der Waals surface area contributed by atoms with Crippen LogP contribution < -0.4 is 11.1 Å². The lowest BCUT2D eigenvalue weighted by atomic mass is 9.99. The Balaban J connectivity index is 3.97. The van der Waals surface area contributed by atoms with Crippen LogP contribution in [0, 0.1) is 5.92 Å². The first kappa shape index (κ1) is 13.2. The number of hydrogen-bond acceptors (Lipinski definition) is 2. The predicted molar refractivity (Wildman–Crippen MR) is 46.5 cm³/mol. The molecular formula is C8H15F3N2O. The van der Waals surface area contributed by atoms with Gasteiger partial charge < -0.3 is 11.1 Å². The molecule has 0 unspecified atom stereocenters. The zero-order valence-corrected chi connectivity index (χ0v) is 8.19. The van der Waals surface area contributed by atoms with Crippen molar-refractivity contribution in [1.29, 1.82) is 0 Å². The minimum Gasteiger partial charge on any atom is -0.346 e. The van der Waals surface area contributed by atoms with E-state index in [0.717, 1.165) is 0 Å². The minimum absolute atomic E-state index is 0.122. The molecule has 0 aromatic heterocycles. The van der Waals surface area contributed by atoms with Gasteiger partial charge in [-0.1, -0.05) is 20.3 Å². The summed E-state index contributed by atoms with van der Waals surface area (Å²) in [5, 5.41) is 1.75. The molecule has 0 rings (SSSR count). The van der Waals surface area contributed by atoms with E-state index in [1.165, 1.54) is 0 Å². The van der Waals surface area contributed by atoms with Gasteiger partial charge in [-0.05, 0) is 5.92 Å². The fourth-order valence-corrected chi connectivity index (χ4v) is 0.818. The first-order valence-corrected chi connectivity index (χ1v) is 4.38. The molecular weight excluding hydrogens is 197 g/mol. The summed E-state index contributed by atoms with van der Waals surface area (Å²) in [5.74, 6) is -0.875. The molecule has 0 aliphatic rings. The molecule has 0 radical (unpaired) electrons. The molecule has 3 N–H and O–H groups in total. The lowest BCUT2D eigenvalue weighted by molar-refractivity contribution is -0.139. The molecule has 84 valence electrons. The Morgan fingerprint density at radius 1 is 1.50 bits per heavy atom. The maximum absolute atomic E-state index is 11.7. The maximum Gasteiger partial charge on any atom is 0.405 e. The second-order valence-corrected chi connectivity index (χ2v) is 3.24. The van der Waals surface area contributed by atoms with E-state index >= 15 is 0 Å². The highest BCUT2D eigenvalue weighted by molar-refractivity contribution is 5.81. The van der Waals surface area contributed by atoms with Gasteiger partial charge in [0.2, 0.25) is 5.91 Å². The Morgan fingerprint density at radius 3 is 2.36 bits per heavy atom. The van der Waals surface area contributed by atoms with Gasteiger partial charge in [0.1, 0.15) is 6.54 Å². The average Bonchev–Trinajstić information content (AvgIpc) is 2.10. The molecule has 2 atom stereocenters. The van der Waals surface area contributed by atoms with Crippen LogP contribution in [0.4, 0.5) is 13.2 Å². The van der Waals surface area contributed by atoms with Gasteiger partial charge in [-0.3, -0.25) is 4.79 Å². The normalized spacial score (nSPS) is 16.1. The van der Waals surface area contributed by atoms with Gasteiger partial charge in [-0.15, -0.1) is 0 Å². The number of alkyl halides is 3. The van der Waals surface area contributed by atoms with Gasteiger partial charge in [0.25, 0.3) is 0 Å². The third-order valence-electron chi connectivity index (χ3n) is 2.02. The fraction of sp³-hybridized carbons (Fsp3) is 0.875. The highest BCUT2D eigenvalue weighted by Crippen LogP contribution is 2.12. The predicted octanol–water partition coefficient (Wildman–Crippen LogP) is 1.04. The van der Waals surface area contributed by atoms with E-state index in [-0.39, 0.29) is 5.92 Å². The Hall–Kier alpha value is -0.780. The van der Waals surface area contributed by atoms with Crippen LogP contribution in [0.2, 0.25) is 0 Å². The molecule has 1 amide bonds. The molecule has 0 spiro atoms. The fourth-order valence-electron chi connectivity index (χ4n) is 0.818. The van der Waals surface area contributed by atoms with Crippen molar-refractivity contribution in [3.8, 4) is 0 Å². The SMILES string of the molecule is CC[C@H](C)[C@H](N)C(=O)NCC(F)(F)F. The number of nitrogens with one attached hydrogen (secondary N) is 1. The molecule has 0 saturated carbocycles. The summed E-state index contributed by atoms with van der Waals surface area (Å²) in [6.45, 7) is 2.22. The van der Waals surface area contributed by atoms with Gasteiger partial charge in [0, 0.05) is 0 Å². The number of carbonyl (C=O) groups excluding carboxylic acids is 1. The van der Waals surface area contributed by atoms with Crippen molar-refractivity contribution in [3.63, 3.8) is 0 Å². The van der Waals surface area contributed by atoms with Crippen LogP contribution in [0.3, 0.4) is 0 Å². The number of amides is 1. The Morgan fingerprint density at radius 2 is 2.00 bits per heavy atom. The summed E-state index contributed by atoms with van der Waals surface area (Å²) < 4.78 is 35.1. The molecule has 0 fully saturated rings. The van der Waals surface area contributed by atoms with Crippen molar-refractivity contribution in [2.75, 3.05) is 6.54 Å². The molecule has 0 bridgehead atoms. The molecule has 0 aliphatic carbocycles. The molecule has 3 nitrogen and oxygen atoms in total. The zero-order valence-electron chi connectivity index (χ0n) is 8.19. The molecule has 0 saturated heterocycles. The van der Waals surface area contributed by atoms with Crippen molar-refractivity contribution in [1.82, 2.24) is 5.32 Å². The molecule has 0 heterocycles. The van der Waals surface area contributed by atoms with Crippen molar-refractivity contribution in [2.24, 2.45) is 11.7 Å². The van der Waals surface area contributed by atoms with E-state index in [1.54, 1.807) is 12.2 Å². The molecule has 0 aromatic carbocycles. The standard InChI is InChI=1S/C8H15F3N2O/c1-3-5(2)6(12)7(14)13-4-8(9,10)11/h5-6H,3-4,12H2,1-2H3,(H,13,14)/t5-,6-/m0/s1. The van der Waals surface area contributed by atoms with Crippen molar-refractivity contribution < 1.29 is 18.0 Å². The summed E-state index contributed by atoms with van der Waals surface area (Å²) >= 11 is 0. The summed E-state index contributed by atoms with van der Waals surface area (Å²) in [6.07, 6.45) is -3.73. The molecule has 6 heteroatoms. The Bertz CT molecular complexity index is 194. The Labute approximate surface area is 80.8 Å². The van der Waals surface area contributed by atoms with E-state index in [1.807, 2.05) is 6.92 Å². The van der Waals surface area contributed by atoms with E-state index in [2.05, 4.69) is 0 Å². The van der Waals surface area contributed by atoms with Gasteiger partial charge in [0.05, 0.1) is 6.04 Å². The number of rotatable bonds is 4. The Kier molecular flexibility index (Phi) is 4.90. The molecule has 0 aliphatic heterocycles.